The molecule has 0 N–H and O–H groups in total. The minimum Gasteiger partial charge on any atom is -0.463 e. The van der Waals surface area contributed by atoms with Crippen molar-refractivity contribution in [3.63, 3.8) is 0 Å². The minimum absolute atomic E-state index is 0.0104. The van der Waals surface area contributed by atoms with E-state index in [1.807, 2.05) is 30.3 Å². The van der Waals surface area contributed by atoms with Crippen LogP contribution in [0.15, 0.2) is 35.4 Å². The Balaban J connectivity index is 2.56. The van der Waals surface area contributed by atoms with Crippen LogP contribution in [0, 0.1) is 0 Å². The van der Waals surface area contributed by atoms with Crippen LogP contribution < -0.4 is 0 Å². The van der Waals surface area contributed by atoms with Crippen LogP contribution in [0.5, 0.6) is 0 Å². The SMILES string of the molecule is CC[Si](CC)(CC)O[C@@H]1C[C@@](COCc2ccccc2)(COC(C)=O)O[C@@H](CO[Si](C(C)C)(C(C)C)C(C)C)[C@@H]1N=[N+]=[N-]. The molecule has 4 atom stereocenters. The molecule has 1 aliphatic rings. The van der Waals surface area contributed by atoms with E-state index in [1.165, 1.54) is 6.92 Å². The topological polar surface area (TPSA) is 112 Å². The van der Waals surface area contributed by atoms with Crippen LogP contribution in [0.25, 0.3) is 10.4 Å². The van der Waals surface area contributed by atoms with Crippen LogP contribution in [0.1, 0.15) is 81.2 Å². The second-order valence-electron chi connectivity index (χ2n) is 13.0. The average molecular weight is 636 g/mol. The Hall–Kier alpha value is -1.73. The third-order valence-corrected chi connectivity index (χ3v) is 20.2. The van der Waals surface area contributed by atoms with Crippen molar-refractivity contribution in [2.45, 2.75) is 141 Å². The molecular weight excluding hydrogens is 579 g/mol. The number of esters is 1. The van der Waals surface area contributed by atoms with Gasteiger partial charge in [0.2, 0.25) is 0 Å². The van der Waals surface area contributed by atoms with E-state index in [1.54, 1.807) is 0 Å². The lowest BCUT2D eigenvalue weighted by Crippen LogP contribution is -2.62. The van der Waals surface area contributed by atoms with Crippen molar-refractivity contribution in [3.05, 3.63) is 46.3 Å². The first-order valence-electron chi connectivity index (χ1n) is 16.1. The number of rotatable bonds is 18. The molecule has 1 saturated heterocycles. The first-order valence-corrected chi connectivity index (χ1v) is 20.8. The van der Waals surface area contributed by atoms with Crippen molar-refractivity contribution in [1.82, 2.24) is 0 Å². The Bertz CT molecular complexity index is 1000. The number of benzene rings is 1. The van der Waals surface area contributed by atoms with Gasteiger partial charge in [-0.15, -0.1) is 0 Å². The van der Waals surface area contributed by atoms with Gasteiger partial charge in [0, 0.05) is 18.3 Å². The number of azide groups is 1. The Morgan fingerprint density at radius 3 is 2.09 bits per heavy atom. The summed E-state index contributed by atoms with van der Waals surface area (Å²) in [5.74, 6) is -0.390. The van der Waals surface area contributed by atoms with E-state index >= 15 is 0 Å². The lowest BCUT2D eigenvalue weighted by Gasteiger charge is -2.50. The molecule has 1 heterocycles. The molecule has 0 bridgehead atoms. The third kappa shape index (κ3) is 9.63. The van der Waals surface area contributed by atoms with E-state index in [0.717, 1.165) is 23.7 Å². The van der Waals surface area contributed by atoms with Crippen LogP contribution in [0.3, 0.4) is 0 Å². The molecule has 0 radical (unpaired) electrons. The highest BCUT2D eigenvalue weighted by atomic mass is 28.4. The Labute approximate surface area is 262 Å². The Morgan fingerprint density at radius 1 is 1.02 bits per heavy atom. The Kier molecular flexibility index (Phi) is 14.9. The summed E-state index contributed by atoms with van der Waals surface area (Å²) in [6.07, 6.45) is -0.634. The zero-order valence-electron chi connectivity index (χ0n) is 28.3. The van der Waals surface area contributed by atoms with Crippen molar-refractivity contribution in [1.29, 1.82) is 0 Å². The number of hydrogen-bond acceptors (Lipinski definition) is 7. The second kappa shape index (κ2) is 17.1. The summed E-state index contributed by atoms with van der Waals surface area (Å²) < 4.78 is 32.9. The smallest absolute Gasteiger partial charge is 0.302 e. The second-order valence-corrected chi connectivity index (χ2v) is 23.2. The highest BCUT2D eigenvalue weighted by molar-refractivity contribution is 6.77. The van der Waals surface area contributed by atoms with E-state index in [0.29, 0.717) is 29.7 Å². The summed E-state index contributed by atoms with van der Waals surface area (Å²) in [4.78, 5) is 15.3. The van der Waals surface area contributed by atoms with Gasteiger partial charge in [-0.3, -0.25) is 4.79 Å². The number of carbonyl (C=O) groups is 1. The lowest BCUT2D eigenvalue weighted by molar-refractivity contribution is -0.221. The molecule has 11 heteroatoms. The van der Waals surface area contributed by atoms with Crippen molar-refractivity contribution in [3.8, 4) is 0 Å². The lowest BCUT2D eigenvalue weighted by atomic mass is 9.87. The van der Waals surface area contributed by atoms with Crippen molar-refractivity contribution < 1.29 is 27.9 Å². The number of nitrogens with zero attached hydrogens (tertiary/aromatic N) is 3. The highest BCUT2D eigenvalue weighted by Crippen LogP contribution is 2.44. The Morgan fingerprint density at radius 2 is 1.60 bits per heavy atom. The van der Waals surface area contributed by atoms with Gasteiger partial charge >= 0.3 is 5.97 Å². The minimum atomic E-state index is -2.27. The summed E-state index contributed by atoms with van der Waals surface area (Å²) in [6.45, 7) is 22.3. The highest BCUT2D eigenvalue weighted by Gasteiger charge is 2.52. The van der Waals surface area contributed by atoms with Gasteiger partial charge < -0.3 is 23.1 Å². The molecule has 1 aromatic rings. The molecule has 1 aromatic carbocycles. The average Bonchev–Trinajstić information content (AvgIpc) is 2.97. The van der Waals surface area contributed by atoms with Crippen LogP contribution in [-0.4, -0.2) is 66.3 Å². The molecule has 2 rings (SSSR count). The molecule has 244 valence electrons. The van der Waals surface area contributed by atoms with Crippen molar-refractivity contribution in [2.75, 3.05) is 19.8 Å². The van der Waals surface area contributed by atoms with Gasteiger partial charge in [-0.1, -0.05) is 97.8 Å². The molecule has 9 nitrogen and oxygen atoms in total. The zero-order valence-corrected chi connectivity index (χ0v) is 30.3. The molecule has 43 heavy (non-hydrogen) atoms. The third-order valence-electron chi connectivity index (χ3n) is 9.48. The van der Waals surface area contributed by atoms with E-state index in [4.69, 9.17) is 23.1 Å². The van der Waals surface area contributed by atoms with Crippen LogP contribution in [-0.2, 0) is 34.5 Å². The van der Waals surface area contributed by atoms with E-state index in [9.17, 15) is 10.3 Å². The van der Waals surface area contributed by atoms with Gasteiger partial charge in [0.25, 0.3) is 0 Å². The monoisotopic (exact) mass is 635 g/mol. The summed E-state index contributed by atoms with van der Waals surface area (Å²) in [6, 6.07) is 12.2. The number of ether oxygens (including phenoxy) is 3. The molecule has 0 aromatic heterocycles. The molecule has 0 saturated carbocycles. The maximum absolute atomic E-state index is 12.1. The standard InChI is InChI=1S/C32H57N3O6Si2/c1-11-42(12-2,13-3)41-29-19-32(23-38-27(10)36,22-37-20-28-17-15-14-16-18-28)40-30(31(29)34-35-33)21-39-43(24(4)5,25(6)7)26(8)9/h14-18,24-26,29-31H,11-13,19-23H2,1-10H3/t29-,30+,31-,32-/m1/s1. The van der Waals surface area contributed by atoms with Crippen LogP contribution in [0.4, 0.5) is 0 Å². The molecule has 1 fully saturated rings. The first kappa shape index (κ1) is 37.5. The fourth-order valence-corrected chi connectivity index (χ4v) is 15.4. The number of carbonyl (C=O) groups excluding carboxylic acids is 1. The van der Waals surface area contributed by atoms with Gasteiger partial charge in [-0.2, -0.15) is 0 Å². The fraction of sp³-hybridized carbons (Fsp3) is 0.781. The molecule has 0 amide bonds. The van der Waals surface area contributed by atoms with E-state index < -0.39 is 46.5 Å². The summed E-state index contributed by atoms with van der Waals surface area (Å²) in [7, 11) is -4.40. The van der Waals surface area contributed by atoms with Crippen LogP contribution in [0.2, 0.25) is 34.8 Å². The quantitative estimate of drug-likeness (QED) is 0.0525. The first-order chi connectivity index (χ1) is 20.3. The van der Waals surface area contributed by atoms with Gasteiger partial charge in [0.1, 0.15) is 12.2 Å². The fourth-order valence-electron chi connectivity index (χ4n) is 7.06. The molecule has 1 aliphatic heterocycles. The molecule has 0 aliphatic carbocycles. The van der Waals surface area contributed by atoms with Gasteiger partial charge in [0.05, 0.1) is 38.1 Å². The maximum Gasteiger partial charge on any atom is 0.302 e. The predicted molar refractivity (Wildman–Crippen MR) is 177 cm³/mol. The van der Waals surface area contributed by atoms with Gasteiger partial charge in [-0.25, -0.2) is 0 Å². The zero-order chi connectivity index (χ0) is 32.3. The summed E-state index contributed by atoms with van der Waals surface area (Å²) in [5, 5.41) is 4.30. The normalized spacial score (nSPS) is 23.0. The van der Waals surface area contributed by atoms with E-state index in [-0.39, 0.29) is 19.8 Å². The predicted octanol–water partition coefficient (Wildman–Crippen LogP) is 8.56. The number of hydrogen-bond donors (Lipinski definition) is 0. The molecular formula is C32H57N3O6Si2. The van der Waals surface area contributed by atoms with Crippen molar-refractivity contribution in [2.24, 2.45) is 5.11 Å². The van der Waals surface area contributed by atoms with Crippen LogP contribution >= 0.6 is 0 Å². The maximum atomic E-state index is 12.1. The van der Waals surface area contributed by atoms with Crippen molar-refractivity contribution >= 4 is 22.6 Å². The summed E-state index contributed by atoms with van der Waals surface area (Å²) >= 11 is 0. The molecule has 0 unspecified atom stereocenters. The molecule has 0 spiro atoms. The van der Waals surface area contributed by atoms with Gasteiger partial charge in [0.15, 0.2) is 16.6 Å². The van der Waals surface area contributed by atoms with E-state index in [2.05, 4.69) is 72.3 Å². The van der Waals surface area contributed by atoms with Gasteiger partial charge in [-0.05, 0) is 45.9 Å². The summed E-state index contributed by atoms with van der Waals surface area (Å²) in [5.41, 5.74) is 10.9. The largest absolute Gasteiger partial charge is 0.463 e.